The van der Waals surface area contributed by atoms with Gasteiger partial charge in [-0.1, -0.05) is 38.8 Å². The second-order valence-corrected chi connectivity index (χ2v) is 5.87. The molecule has 1 nitrogen and oxygen atoms in total. The van der Waals surface area contributed by atoms with Crippen molar-refractivity contribution >= 4 is 0 Å². The van der Waals surface area contributed by atoms with Crippen molar-refractivity contribution < 1.29 is 5.11 Å². The molecule has 0 aromatic heterocycles. The third kappa shape index (κ3) is 1.33. The second-order valence-electron chi connectivity index (χ2n) is 5.87. The Kier molecular flexibility index (Phi) is 2.26. The Morgan fingerprint density at radius 2 is 2.00 bits per heavy atom. The summed E-state index contributed by atoms with van der Waals surface area (Å²) in [4.78, 5) is 0. The maximum atomic E-state index is 10.2. The molecule has 1 N–H and O–H groups in total. The highest BCUT2D eigenvalue weighted by molar-refractivity contribution is 5.27. The molecule has 0 unspecified atom stereocenters. The van der Waals surface area contributed by atoms with E-state index in [1.165, 1.54) is 24.8 Å². The minimum Gasteiger partial charge on any atom is -0.392 e. The van der Waals surface area contributed by atoms with Gasteiger partial charge in [0.05, 0.1) is 6.10 Å². The van der Waals surface area contributed by atoms with E-state index in [0.29, 0.717) is 5.41 Å². The molecule has 2 rings (SSSR count). The van der Waals surface area contributed by atoms with E-state index in [0.717, 1.165) is 12.8 Å². The zero-order valence-electron chi connectivity index (χ0n) is 9.64. The molecular weight excluding hydrogens is 172 g/mol. The molecule has 1 saturated carbocycles. The van der Waals surface area contributed by atoms with E-state index >= 15 is 0 Å². The van der Waals surface area contributed by atoms with Crippen LogP contribution in [0.25, 0.3) is 0 Å². The lowest BCUT2D eigenvalue weighted by Crippen LogP contribution is -2.44. The Labute approximate surface area is 87.2 Å². The zero-order valence-corrected chi connectivity index (χ0v) is 9.64. The van der Waals surface area contributed by atoms with Crippen molar-refractivity contribution in [1.82, 2.24) is 0 Å². The highest BCUT2D eigenvalue weighted by Crippen LogP contribution is 2.54. The van der Waals surface area contributed by atoms with E-state index in [1.807, 2.05) is 0 Å². The summed E-state index contributed by atoms with van der Waals surface area (Å²) in [6.45, 7) is 6.91. The average molecular weight is 194 g/mol. The van der Waals surface area contributed by atoms with Crippen molar-refractivity contribution in [2.45, 2.75) is 59.0 Å². The summed E-state index contributed by atoms with van der Waals surface area (Å²) in [6, 6.07) is 0. The van der Waals surface area contributed by atoms with Crippen LogP contribution in [0.5, 0.6) is 0 Å². The number of allylic oxidation sites excluding steroid dienone is 1. The van der Waals surface area contributed by atoms with Gasteiger partial charge in [0.1, 0.15) is 0 Å². The van der Waals surface area contributed by atoms with Crippen molar-refractivity contribution in [3.63, 3.8) is 0 Å². The molecule has 80 valence electrons. The van der Waals surface area contributed by atoms with Crippen LogP contribution in [0.1, 0.15) is 52.9 Å². The second kappa shape index (κ2) is 3.10. The number of rotatable bonds is 0. The molecule has 0 bridgehead atoms. The average Bonchev–Trinajstić information content (AvgIpc) is 2.08. The number of hydrogen-bond acceptors (Lipinski definition) is 1. The SMILES string of the molecule is CC1(C)CCC[C@]2(C)C1=CCC[C@H]2O. The van der Waals surface area contributed by atoms with Gasteiger partial charge in [0, 0.05) is 5.41 Å². The molecule has 0 saturated heterocycles. The van der Waals surface area contributed by atoms with Crippen molar-refractivity contribution in [3.05, 3.63) is 11.6 Å². The standard InChI is InChI=1S/C13H22O/c1-12(2)8-5-9-13(3)10(12)6-4-7-11(13)14/h6,11,14H,4-5,7-9H2,1-3H3/t11-,13-/m1/s1. The third-order valence-electron chi connectivity index (χ3n) is 4.37. The summed E-state index contributed by atoms with van der Waals surface area (Å²) < 4.78 is 0. The largest absolute Gasteiger partial charge is 0.392 e. The number of aliphatic hydroxyl groups excluding tert-OH is 1. The zero-order chi connectivity index (χ0) is 10.4. The smallest absolute Gasteiger partial charge is 0.0634 e. The fourth-order valence-corrected chi connectivity index (χ4v) is 3.50. The molecule has 0 radical (unpaired) electrons. The van der Waals surface area contributed by atoms with Crippen LogP contribution in [0.3, 0.4) is 0 Å². The molecule has 1 heteroatoms. The van der Waals surface area contributed by atoms with E-state index in [-0.39, 0.29) is 11.5 Å². The number of hydrogen-bond donors (Lipinski definition) is 1. The first-order valence-electron chi connectivity index (χ1n) is 5.86. The molecule has 0 aromatic carbocycles. The van der Waals surface area contributed by atoms with E-state index in [2.05, 4.69) is 26.8 Å². The van der Waals surface area contributed by atoms with Crippen LogP contribution >= 0.6 is 0 Å². The van der Waals surface area contributed by atoms with Crippen molar-refractivity contribution in [1.29, 1.82) is 0 Å². The van der Waals surface area contributed by atoms with E-state index in [1.54, 1.807) is 0 Å². The highest BCUT2D eigenvalue weighted by atomic mass is 16.3. The summed E-state index contributed by atoms with van der Waals surface area (Å²) in [5.41, 5.74) is 1.92. The minimum atomic E-state index is -0.109. The van der Waals surface area contributed by atoms with Gasteiger partial charge in [-0.15, -0.1) is 0 Å². The van der Waals surface area contributed by atoms with E-state index < -0.39 is 0 Å². The quantitative estimate of drug-likeness (QED) is 0.587. The minimum absolute atomic E-state index is 0.0833. The Bertz CT molecular complexity index is 264. The maximum Gasteiger partial charge on any atom is 0.0634 e. The highest BCUT2D eigenvalue weighted by Gasteiger charge is 2.46. The summed E-state index contributed by atoms with van der Waals surface area (Å²) in [5.74, 6) is 0. The van der Waals surface area contributed by atoms with Gasteiger partial charge in [-0.3, -0.25) is 0 Å². The molecule has 0 amide bonds. The Morgan fingerprint density at radius 1 is 1.29 bits per heavy atom. The fraction of sp³-hybridized carbons (Fsp3) is 0.846. The summed E-state index contributed by atoms with van der Waals surface area (Å²) >= 11 is 0. The van der Waals surface area contributed by atoms with E-state index in [9.17, 15) is 5.11 Å². The summed E-state index contributed by atoms with van der Waals surface area (Å²) in [5, 5.41) is 10.2. The van der Waals surface area contributed by atoms with Crippen molar-refractivity contribution in [2.75, 3.05) is 0 Å². The first-order valence-corrected chi connectivity index (χ1v) is 5.86. The van der Waals surface area contributed by atoms with Gasteiger partial charge in [0.2, 0.25) is 0 Å². The molecular formula is C13H22O. The van der Waals surface area contributed by atoms with Crippen LogP contribution in [0.4, 0.5) is 0 Å². The lowest BCUT2D eigenvalue weighted by Gasteiger charge is -2.50. The van der Waals surface area contributed by atoms with Gasteiger partial charge in [0.15, 0.2) is 0 Å². The lowest BCUT2D eigenvalue weighted by atomic mass is 9.56. The van der Waals surface area contributed by atoms with Crippen LogP contribution in [-0.4, -0.2) is 11.2 Å². The van der Waals surface area contributed by atoms with Crippen LogP contribution in [-0.2, 0) is 0 Å². The first-order chi connectivity index (χ1) is 6.47. The van der Waals surface area contributed by atoms with Gasteiger partial charge < -0.3 is 5.11 Å². The first kappa shape index (κ1) is 10.2. The maximum absolute atomic E-state index is 10.2. The van der Waals surface area contributed by atoms with Crippen LogP contribution < -0.4 is 0 Å². The van der Waals surface area contributed by atoms with Gasteiger partial charge in [-0.05, 0) is 31.1 Å². The van der Waals surface area contributed by atoms with Crippen LogP contribution in [0, 0.1) is 10.8 Å². The van der Waals surface area contributed by atoms with Crippen LogP contribution in [0.2, 0.25) is 0 Å². The Balaban J connectivity index is 2.40. The lowest BCUT2D eigenvalue weighted by molar-refractivity contribution is 0.0107. The molecule has 0 aromatic rings. The predicted molar refractivity (Wildman–Crippen MR) is 59.1 cm³/mol. The molecule has 2 atom stereocenters. The van der Waals surface area contributed by atoms with Crippen molar-refractivity contribution in [3.8, 4) is 0 Å². The number of fused-ring (bicyclic) bond motifs is 1. The molecule has 1 fully saturated rings. The molecule has 0 spiro atoms. The number of aliphatic hydroxyl groups is 1. The predicted octanol–water partition coefficient (Wildman–Crippen LogP) is 3.28. The van der Waals surface area contributed by atoms with E-state index in [4.69, 9.17) is 0 Å². The molecule has 0 heterocycles. The topological polar surface area (TPSA) is 20.2 Å². The molecule has 2 aliphatic rings. The van der Waals surface area contributed by atoms with Gasteiger partial charge in [-0.25, -0.2) is 0 Å². The van der Waals surface area contributed by atoms with Gasteiger partial charge >= 0.3 is 0 Å². The Morgan fingerprint density at radius 3 is 2.64 bits per heavy atom. The summed E-state index contributed by atoms with van der Waals surface area (Å²) in [7, 11) is 0. The monoisotopic (exact) mass is 194 g/mol. The van der Waals surface area contributed by atoms with Gasteiger partial charge in [-0.2, -0.15) is 0 Å². The van der Waals surface area contributed by atoms with Crippen LogP contribution in [0.15, 0.2) is 11.6 Å². The fourth-order valence-electron chi connectivity index (χ4n) is 3.50. The third-order valence-corrected chi connectivity index (χ3v) is 4.37. The Hall–Kier alpha value is -0.300. The molecule has 14 heavy (non-hydrogen) atoms. The summed E-state index contributed by atoms with van der Waals surface area (Å²) in [6.07, 6.45) is 8.02. The van der Waals surface area contributed by atoms with Gasteiger partial charge in [0.25, 0.3) is 0 Å². The molecule has 2 aliphatic carbocycles. The molecule has 0 aliphatic heterocycles. The normalized spacial score (nSPS) is 41.4. The van der Waals surface area contributed by atoms with Crippen molar-refractivity contribution in [2.24, 2.45) is 10.8 Å².